The number of para-hydroxylation sites is 1. The monoisotopic (exact) mass is 263 g/mol. The molecule has 1 unspecified atom stereocenters. The lowest BCUT2D eigenvalue weighted by Gasteiger charge is -2.25. The second-order valence-electron chi connectivity index (χ2n) is 5.40. The van der Waals surface area contributed by atoms with Gasteiger partial charge in [0.25, 0.3) is 0 Å². The van der Waals surface area contributed by atoms with Gasteiger partial charge in [0.2, 0.25) is 0 Å². The molecule has 0 aromatic heterocycles. The van der Waals surface area contributed by atoms with Crippen LogP contribution in [0, 0.1) is 5.92 Å². The number of carbonyl (C=O) groups is 1. The number of methoxy groups -OCH3 is 1. The average molecular weight is 263 g/mol. The van der Waals surface area contributed by atoms with Gasteiger partial charge in [-0.05, 0) is 32.0 Å². The summed E-state index contributed by atoms with van der Waals surface area (Å²) < 4.78 is 5.36. The number of carbonyl (C=O) groups excluding carboxylic acids is 1. The van der Waals surface area contributed by atoms with Crippen molar-refractivity contribution in [1.29, 1.82) is 0 Å². The van der Waals surface area contributed by atoms with E-state index in [0.29, 0.717) is 12.6 Å². The van der Waals surface area contributed by atoms with E-state index in [4.69, 9.17) is 4.74 Å². The van der Waals surface area contributed by atoms with E-state index >= 15 is 0 Å². The third kappa shape index (κ3) is 4.67. The van der Waals surface area contributed by atoms with E-state index in [2.05, 4.69) is 17.9 Å². The Kier molecular flexibility index (Phi) is 6.03. The molecule has 1 aromatic carbocycles. The fourth-order valence-corrected chi connectivity index (χ4v) is 1.93. The smallest absolute Gasteiger partial charge is 0.149 e. The van der Waals surface area contributed by atoms with E-state index in [1.54, 1.807) is 7.11 Å². The summed E-state index contributed by atoms with van der Waals surface area (Å²) in [5, 5.41) is 0. The van der Waals surface area contributed by atoms with Crippen LogP contribution in [0.4, 0.5) is 0 Å². The van der Waals surface area contributed by atoms with Gasteiger partial charge >= 0.3 is 0 Å². The minimum Gasteiger partial charge on any atom is -0.496 e. The molecule has 1 aromatic rings. The number of hydrogen-bond donors (Lipinski definition) is 0. The van der Waals surface area contributed by atoms with Crippen molar-refractivity contribution in [2.45, 2.75) is 33.2 Å². The topological polar surface area (TPSA) is 29.5 Å². The van der Waals surface area contributed by atoms with Gasteiger partial charge < -0.3 is 4.74 Å². The van der Waals surface area contributed by atoms with Gasteiger partial charge in [-0.25, -0.2) is 0 Å². The van der Waals surface area contributed by atoms with Crippen LogP contribution in [0.25, 0.3) is 0 Å². The van der Waals surface area contributed by atoms with Crippen LogP contribution in [-0.2, 0) is 11.2 Å². The predicted molar refractivity (Wildman–Crippen MR) is 78.6 cm³/mol. The highest BCUT2D eigenvalue weighted by atomic mass is 16.5. The minimum absolute atomic E-state index is 0.0981. The average Bonchev–Trinajstić information content (AvgIpc) is 2.38. The minimum atomic E-state index is 0.0981. The molecule has 0 aliphatic rings. The molecule has 0 saturated heterocycles. The summed E-state index contributed by atoms with van der Waals surface area (Å²) in [6.45, 7) is 6.54. The molecule has 0 spiro atoms. The van der Waals surface area contributed by atoms with Gasteiger partial charge in [0.05, 0.1) is 13.7 Å². The van der Waals surface area contributed by atoms with Gasteiger partial charge in [-0.3, -0.25) is 9.69 Å². The first-order chi connectivity index (χ1) is 8.95. The highest BCUT2D eigenvalue weighted by Crippen LogP contribution is 2.20. The van der Waals surface area contributed by atoms with Gasteiger partial charge in [-0.1, -0.05) is 32.0 Å². The van der Waals surface area contributed by atoms with Gasteiger partial charge in [0.1, 0.15) is 11.5 Å². The third-order valence-corrected chi connectivity index (χ3v) is 3.51. The van der Waals surface area contributed by atoms with Gasteiger partial charge in [0.15, 0.2) is 0 Å². The Morgan fingerprint density at radius 2 is 1.89 bits per heavy atom. The van der Waals surface area contributed by atoms with Crippen LogP contribution >= 0.6 is 0 Å². The number of ketones is 1. The third-order valence-electron chi connectivity index (χ3n) is 3.51. The van der Waals surface area contributed by atoms with Crippen molar-refractivity contribution in [1.82, 2.24) is 4.90 Å². The summed E-state index contributed by atoms with van der Waals surface area (Å²) in [6, 6.07) is 8.34. The predicted octanol–water partition coefficient (Wildman–Crippen LogP) is 2.78. The van der Waals surface area contributed by atoms with Crippen molar-refractivity contribution >= 4 is 5.78 Å². The van der Waals surface area contributed by atoms with Crippen LogP contribution in [0.3, 0.4) is 0 Å². The molecular weight excluding hydrogens is 238 g/mol. The van der Waals surface area contributed by atoms with Crippen molar-refractivity contribution < 1.29 is 9.53 Å². The summed E-state index contributed by atoms with van der Waals surface area (Å²) in [4.78, 5) is 13.9. The molecule has 0 saturated carbocycles. The van der Waals surface area contributed by atoms with Crippen molar-refractivity contribution in [3.8, 4) is 5.75 Å². The molecule has 0 fully saturated rings. The quantitative estimate of drug-likeness (QED) is 0.757. The van der Waals surface area contributed by atoms with Crippen LogP contribution in [0.2, 0.25) is 0 Å². The molecule has 0 amide bonds. The molecule has 0 radical (unpaired) electrons. The Labute approximate surface area is 116 Å². The fourth-order valence-electron chi connectivity index (χ4n) is 1.93. The number of nitrogens with zero attached hydrogens (tertiary/aromatic N) is 1. The lowest BCUT2D eigenvalue weighted by atomic mass is 10.0. The Balaban J connectivity index is 2.63. The summed E-state index contributed by atoms with van der Waals surface area (Å²) in [6.07, 6.45) is 0.881. The molecular formula is C16H25NO2. The lowest BCUT2D eigenvalue weighted by Crippen LogP contribution is -2.36. The van der Waals surface area contributed by atoms with Gasteiger partial charge in [-0.2, -0.15) is 0 Å². The molecule has 0 bridgehead atoms. The van der Waals surface area contributed by atoms with E-state index in [-0.39, 0.29) is 11.7 Å². The van der Waals surface area contributed by atoms with E-state index in [9.17, 15) is 4.79 Å². The highest BCUT2D eigenvalue weighted by Gasteiger charge is 2.16. The SMILES string of the molecule is COc1ccccc1CC(C)N(C)CC(=O)C(C)C. The van der Waals surface area contributed by atoms with Crippen molar-refractivity contribution in [2.24, 2.45) is 5.92 Å². The zero-order chi connectivity index (χ0) is 14.4. The molecule has 19 heavy (non-hydrogen) atoms. The van der Waals surface area contributed by atoms with Gasteiger partial charge in [-0.15, -0.1) is 0 Å². The van der Waals surface area contributed by atoms with E-state index in [1.165, 1.54) is 5.56 Å². The number of benzene rings is 1. The molecule has 0 N–H and O–H groups in total. The van der Waals surface area contributed by atoms with Crippen molar-refractivity contribution in [3.63, 3.8) is 0 Å². The molecule has 0 aliphatic carbocycles. The number of hydrogen-bond acceptors (Lipinski definition) is 3. The molecule has 0 aliphatic heterocycles. The largest absolute Gasteiger partial charge is 0.496 e. The van der Waals surface area contributed by atoms with Crippen molar-refractivity contribution in [3.05, 3.63) is 29.8 Å². The molecule has 1 atom stereocenters. The van der Waals surface area contributed by atoms with Crippen LogP contribution < -0.4 is 4.74 Å². The van der Waals surface area contributed by atoms with Crippen LogP contribution in [0.5, 0.6) is 5.75 Å². The maximum Gasteiger partial charge on any atom is 0.149 e. The lowest BCUT2D eigenvalue weighted by molar-refractivity contribution is -0.123. The number of ether oxygens (including phenoxy) is 1. The second kappa shape index (κ2) is 7.29. The first kappa shape index (κ1) is 15.7. The maximum atomic E-state index is 11.8. The maximum absolute atomic E-state index is 11.8. The first-order valence-corrected chi connectivity index (χ1v) is 6.80. The van der Waals surface area contributed by atoms with Crippen LogP contribution in [-0.4, -0.2) is 37.4 Å². The molecule has 106 valence electrons. The summed E-state index contributed by atoms with van der Waals surface area (Å²) in [7, 11) is 3.69. The highest BCUT2D eigenvalue weighted by molar-refractivity contribution is 5.82. The second-order valence-corrected chi connectivity index (χ2v) is 5.40. The Bertz CT molecular complexity index is 415. The van der Waals surface area contributed by atoms with E-state index < -0.39 is 0 Å². The summed E-state index contributed by atoms with van der Waals surface area (Å²) >= 11 is 0. The Morgan fingerprint density at radius 3 is 2.47 bits per heavy atom. The van der Waals surface area contributed by atoms with Gasteiger partial charge in [0, 0.05) is 12.0 Å². The number of rotatable bonds is 7. The molecule has 3 heteroatoms. The zero-order valence-corrected chi connectivity index (χ0v) is 12.6. The Morgan fingerprint density at radius 1 is 1.26 bits per heavy atom. The van der Waals surface area contributed by atoms with Crippen LogP contribution in [0.1, 0.15) is 26.3 Å². The fraction of sp³-hybridized carbons (Fsp3) is 0.562. The number of likely N-dealkylation sites (N-methyl/N-ethyl adjacent to an activating group) is 1. The van der Waals surface area contributed by atoms with E-state index in [1.807, 2.05) is 39.1 Å². The van der Waals surface area contributed by atoms with Crippen molar-refractivity contribution in [2.75, 3.05) is 20.7 Å². The number of Topliss-reactive ketones (excluding diaryl/α,β-unsaturated/α-hetero) is 1. The zero-order valence-electron chi connectivity index (χ0n) is 12.6. The Hall–Kier alpha value is -1.35. The molecule has 1 rings (SSSR count). The van der Waals surface area contributed by atoms with E-state index in [0.717, 1.165) is 12.2 Å². The molecule has 3 nitrogen and oxygen atoms in total. The van der Waals surface area contributed by atoms with Crippen LogP contribution in [0.15, 0.2) is 24.3 Å². The molecule has 0 heterocycles. The summed E-state index contributed by atoms with van der Waals surface area (Å²) in [5.41, 5.74) is 1.18. The standard InChI is InChI=1S/C16H25NO2/c1-12(2)15(18)11-17(4)13(3)10-14-8-6-7-9-16(14)19-5/h6-9,12-13H,10-11H2,1-5H3. The normalized spacial score (nSPS) is 12.8. The first-order valence-electron chi connectivity index (χ1n) is 6.80. The summed E-state index contributed by atoms with van der Waals surface area (Å²) in [5.74, 6) is 1.30.